The van der Waals surface area contributed by atoms with E-state index in [0.717, 1.165) is 18.7 Å². The van der Waals surface area contributed by atoms with Gasteiger partial charge in [0.1, 0.15) is 12.6 Å². The Labute approximate surface area is 124 Å². The standard InChI is InChI=1S/C15H21N3O3/c1-12(14(19)18-9-7-16-8-10-18)17-15(20)21-11-13-5-3-2-4-6-13/h2-6,12,16H,7-11H2,1H3,(H,17,20)/t12-/m0/s1. The number of hydrogen-bond acceptors (Lipinski definition) is 4. The number of carbonyl (C=O) groups is 2. The van der Waals surface area contributed by atoms with Crippen molar-refractivity contribution in [1.29, 1.82) is 0 Å². The van der Waals surface area contributed by atoms with Crippen LogP contribution < -0.4 is 10.6 Å². The summed E-state index contributed by atoms with van der Waals surface area (Å²) in [4.78, 5) is 25.6. The predicted molar refractivity (Wildman–Crippen MR) is 78.7 cm³/mol. The van der Waals surface area contributed by atoms with Gasteiger partial charge in [0, 0.05) is 26.2 Å². The zero-order chi connectivity index (χ0) is 15.1. The Hall–Kier alpha value is -2.08. The summed E-state index contributed by atoms with van der Waals surface area (Å²) >= 11 is 0. The number of ether oxygens (including phenoxy) is 1. The van der Waals surface area contributed by atoms with E-state index < -0.39 is 12.1 Å². The van der Waals surface area contributed by atoms with Crippen LogP contribution in [0.5, 0.6) is 0 Å². The summed E-state index contributed by atoms with van der Waals surface area (Å²) in [6, 6.07) is 8.84. The van der Waals surface area contributed by atoms with Crippen LogP contribution in [-0.2, 0) is 16.1 Å². The zero-order valence-electron chi connectivity index (χ0n) is 12.2. The van der Waals surface area contributed by atoms with Gasteiger partial charge in [-0.1, -0.05) is 30.3 Å². The topological polar surface area (TPSA) is 70.7 Å². The molecule has 1 aromatic carbocycles. The Bertz CT molecular complexity index is 472. The number of carbonyl (C=O) groups excluding carboxylic acids is 2. The van der Waals surface area contributed by atoms with E-state index in [2.05, 4.69) is 10.6 Å². The van der Waals surface area contributed by atoms with E-state index in [9.17, 15) is 9.59 Å². The normalized spacial score (nSPS) is 16.1. The number of nitrogens with zero attached hydrogens (tertiary/aromatic N) is 1. The molecule has 0 spiro atoms. The summed E-state index contributed by atoms with van der Waals surface area (Å²) in [7, 11) is 0. The minimum atomic E-state index is -0.577. The van der Waals surface area contributed by atoms with Crippen molar-refractivity contribution in [3.63, 3.8) is 0 Å². The Morgan fingerprint density at radius 1 is 1.29 bits per heavy atom. The van der Waals surface area contributed by atoms with Crippen molar-refractivity contribution >= 4 is 12.0 Å². The van der Waals surface area contributed by atoms with Gasteiger partial charge in [-0.3, -0.25) is 4.79 Å². The maximum Gasteiger partial charge on any atom is 0.408 e. The van der Waals surface area contributed by atoms with E-state index >= 15 is 0 Å². The SMILES string of the molecule is C[C@H](NC(=O)OCc1ccccc1)C(=O)N1CCNCC1. The summed E-state index contributed by atoms with van der Waals surface area (Å²) in [5, 5.41) is 5.76. The molecular formula is C15H21N3O3. The number of alkyl carbamates (subject to hydrolysis) is 1. The van der Waals surface area contributed by atoms with E-state index in [1.807, 2.05) is 30.3 Å². The third kappa shape index (κ3) is 4.75. The largest absolute Gasteiger partial charge is 0.445 e. The van der Waals surface area contributed by atoms with Crippen LogP contribution in [0.3, 0.4) is 0 Å². The molecule has 1 fully saturated rings. The lowest BCUT2D eigenvalue weighted by Gasteiger charge is -2.29. The first-order valence-electron chi connectivity index (χ1n) is 7.13. The lowest BCUT2D eigenvalue weighted by atomic mass is 10.2. The maximum absolute atomic E-state index is 12.1. The molecule has 1 aliphatic heterocycles. The Balaban J connectivity index is 1.74. The summed E-state index contributed by atoms with van der Waals surface area (Å²) in [6.07, 6.45) is -0.574. The second kappa shape index (κ2) is 7.64. The third-order valence-electron chi connectivity index (χ3n) is 3.35. The molecule has 1 heterocycles. The average Bonchev–Trinajstić information content (AvgIpc) is 2.54. The molecule has 1 aliphatic rings. The Kier molecular flexibility index (Phi) is 5.57. The number of hydrogen-bond donors (Lipinski definition) is 2. The molecule has 6 heteroatoms. The van der Waals surface area contributed by atoms with Gasteiger partial charge in [0.25, 0.3) is 0 Å². The van der Waals surface area contributed by atoms with Crippen molar-refractivity contribution in [3.05, 3.63) is 35.9 Å². The van der Waals surface area contributed by atoms with Crippen LogP contribution in [0.25, 0.3) is 0 Å². The van der Waals surface area contributed by atoms with Crippen LogP contribution in [-0.4, -0.2) is 49.1 Å². The molecule has 0 saturated carbocycles. The van der Waals surface area contributed by atoms with E-state index in [-0.39, 0.29) is 12.5 Å². The van der Waals surface area contributed by atoms with Gasteiger partial charge in [-0.05, 0) is 12.5 Å². The highest BCUT2D eigenvalue weighted by Crippen LogP contribution is 2.02. The quantitative estimate of drug-likeness (QED) is 0.858. The molecule has 1 saturated heterocycles. The molecule has 2 rings (SSSR count). The van der Waals surface area contributed by atoms with Crippen molar-refractivity contribution in [2.45, 2.75) is 19.6 Å². The van der Waals surface area contributed by atoms with Crippen LogP contribution in [0.2, 0.25) is 0 Å². The maximum atomic E-state index is 12.1. The summed E-state index contributed by atoms with van der Waals surface area (Å²) in [5.41, 5.74) is 0.911. The molecule has 1 aromatic rings. The fraction of sp³-hybridized carbons (Fsp3) is 0.467. The monoisotopic (exact) mass is 291 g/mol. The molecule has 2 N–H and O–H groups in total. The van der Waals surface area contributed by atoms with Crippen molar-refractivity contribution in [1.82, 2.24) is 15.5 Å². The fourth-order valence-corrected chi connectivity index (χ4v) is 2.16. The first kappa shape index (κ1) is 15.3. The van der Waals surface area contributed by atoms with Gasteiger partial charge in [-0.2, -0.15) is 0 Å². The van der Waals surface area contributed by atoms with Crippen LogP contribution >= 0.6 is 0 Å². The van der Waals surface area contributed by atoms with Crippen LogP contribution in [0, 0.1) is 0 Å². The molecular weight excluding hydrogens is 270 g/mol. The van der Waals surface area contributed by atoms with E-state index in [1.54, 1.807) is 11.8 Å². The molecule has 1 atom stereocenters. The Morgan fingerprint density at radius 2 is 1.95 bits per heavy atom. The molecule has 6 nitrogen and oxygen atoms in total. The summed E-state index contributed by atoms with van der Waals surface area (Å²) in [5.74, 6) is -0.0758. The smallest absolute Gasteiger partial charge is 0.408 e. The minimum absolute atomic E-state index is 0.0758. The predicted octanol–water partition coefficient (Wildman–Crippen LogP) is 0.733. The van der Waals surface area contributed by atoms with Crippen molar-refractivity contribution < 1.29 is 14.3 Å². The first-order valence-corrected chi connectivity index (χ1v) is 7.13. The van der Waals surface area contributed by atoms with E-state index in [1.165, 1.54) is 0 Å². The Morgan fingerprint density at radius 3 is 2.62 bits per heavy atom. The van der Waals surface area contributed by atoms with Crippen LogP contribution in [0.1, 0.15) is 12.5 Å². The molecule has 2 amide bonds. The lowest BCUT2D eigenvalue weighted by Crippen LogP contribution is -2.53. The lowest BCUT2D eigenvalue weighted by molar-refractivity contribution is -0.133. The van der Waals surface area contributed by atoms with Crippen molar-refractivity contribution in [2.24, 2.45) is 0 Å². The number of nitrogens with one attached hydrogen (secondary N) is 2. The molecule has 0 bridgehead atoms. The van der Waals surface area contributed by atoms with Crippen molar-refractivity contribution in [2.75, 3.05) is 26.2 Å². The number of rotatable bonds is 4. The fourth-order valence-electron chi connectivity index (χ4n) is 2.16. The minimum Gasteiger partial charge on any atom is -0.445 e. The highest BCUT2D eigenvalue weighted by atomic mass is 16.5. The second-order valence-corrected chi connectivity index (χ2v) is 5.00. The third-order valence-corrected chi connectivity index (χ3v) is 3.35. The van der Waals surface area contributed by atoms with Gasteiger partial charge < -0.3 is 20.3 Å². The number of benzene rings is 1. The molecule has 114 valence electrons. The first-order chi connectivity index (χ1) is 10.2. The molecule has 0 aliphatic carbocycles. The second-order valence-electron chi connectivity index (χ2n) is 5.00. The molecule has 0 aromatic heterocycles. The van der Waals surface area contributed by atoms with Gasteiger partial charge in [0.2, 0.25) is 5.91 Å². The van der Waals surface area contributed by atoms with Gasteiger partial charge in [0.15, 0.2) is 0 Å². The van der Waals surface area contributed by atoms with E-state index in [0.29, 0.717) is 13.1 Å². The van der Waals surface area contributed by atoms with Crippen LogP contribution in [0.15, 0.2) is 30.3 Å². The highest BCUT2D eigenvalue weighted by Gasteiger charge is 2.23. The van der Waals surface area contributed by atoms with Gasteiger partial charge >= 0.3 is 6.09 Å². The number of amides is 2. The highest BCUT2D eigenvalue weighted by molar-refractivity contribution is 5.85. The van der Waals surface area contributed by atoms with Gasteiger partial charge in [0.05, 0.1) is 0 Å². The molecule has 21 heavy (non-hydrogen) atoms. The van der Waals surface area contributed by atoms with Gasteiger partial charge in [-0.15, -0.1) is 0 Å². The van der Waals surface area contributed by atoms with E-state index in [4.69, 9.17) is 4.74 Å². The zero-order valence-corrected chi connectivity index (χ0v) is 12.2. The molecule has 0 unspecified atom stereocenters. The van der Waals surface area contributed by atoms with Crippen LogP contribution in [0.4, 0.5) is 4.79 Å². The summed E-state index contributed by atoms with van der Waals surface area (Å²) < 4.78 is 5.10. The average molecular weight is 291 g/mol. The number of piperazine rings is 1. The van der Waals surface area contributed by atoms with Crippen molar-refractivity contribution in [3.8, 4) is 0 Å². The molecule has 0 radical (unpaired) electrons. The summed E-state index contributed by atoms with van der Waals surface area (Å²) in [6.45, 7) is 4.79. The van der Waals surface area contributed by atoms with Gasteiger partial charge in [-0.25, -0.2) is 4.79 Å².